The lowest BCUT2D eigenvalue weighted by Crippen LogP contribution is -2.48. The van der Waals surface area contributed by atoms with Crippen LogP contribution in [-0.2, 0) is 10.2 Å². The molecule has 2 aliphatic heterocycles. The Morgan fingerprint density at radius 2 is 1.96 bits per heavy atom. The van der Waals surface area contributed by atoms with E-state index in [0.29, 0.717) is 23.5 Å². The van der Waals surface area contributed by atoms with Gasteiger partial charge >= 0.3 is 0 Å². The number of thiazole rings is 1. The van der Waals surface area contributed by atoms with Crippen LogP contribution >= 0.6 is 11.3 Å². The van der Waals surface area contributed by atoms with Gasteiger partial charge in [-0.3, -0.25) is 4.79 Å². The van der Waals surface area contributed by atoms with Crippen LogP contribution < -0.4 is 5.73 Å². The molecule has 28 heavy (non-hydrogen) atoms. The lowest BCUT2D eigenvalue weighted by atomic mass is 9.70. The number of carbonyl (C=O) groups excluding carboxylic acids is 1. The van der Waals surface area contributed by atoms with E-state index in [9.17, 15) is 4.79 Å². The minimum absolute atomic E-state index is 0.145. The van der Waals surface area contributed by atoms with E-state index in [0.717, 1.165) is 44.6 Å². The lowest BCUT2D eigenvalue weighted by Gasteiger charge is -2.42. The van der Waals surface area contributed by atoms with Crippen molar-refractivity contribution >= 4 is 22.4 Å². The first-order valence-electron chi connectivity index (χ1n) is 10.3. The van der Waals surface area contributed by atoms with Crippen molar-refractivity contribution in [2.24, 2.45) is 0 Å². The summed E-state index contributed by atoms with van der Waals surface area (Å²) >= 11 is 1.50. The molecule has 0 saturated carbocycles. The number of hydrogen-bond acceptors (Lipinski definition) is 5. The third kappa shape index (κ3) is 3.80. The molecule has 0 spiro atoms. The molecule has 2 N–H and O–H groups in total. The van der Waals surface area contributed by atoms with Gasteiger partial charge in [-0.2, -0.15) is 0 Å². The summed E-state index contributed by atoms with van der Waals surface area (Å²) in [6.45, 7) is 2.67. The Hall–Kier alpha value is -1.92. The summed E-state index contributed by atoms with van der Waals surface area (Å²) in [4.78, 5) is 22.0. The highest BCUT2D eigenvalue weighted by molar-refractivity contribution is 7.13. The highest BCUT2D eigenvalue weighted by Gasteiger charge is 2.41. The van der Waals surface area contributed by atoms with Crippen LogP contribution in [0.4, 0.5) is 5.13 Å². The van der Waals surface area contributed by atoms with Crippen molar-refractivity contribution in [3.63, 3.8) is 0 Å². The van der Waals surface area contributed by atoms with Gasteiger partial charge in [0.2, 0.25) is 5.91 Å². The zero-order chi connectivity index (χ0) is 19.6. The van der Waals surface area contributed by atoms with E-state index in [1.165, 1.54) is 29.7 Å². The fourth-order valence-corrected chi connectivity index (χ4v) is 5.49. The quantitative estimate of drug-likeness (QED) is 0.856. The lowest BCUT2D eigenvalue weighted by molar-refractivity contribution is -0.134. The molecule has 4 rings (SSSR count). The molecule has 1 atom stereocenters. The van der Waals surface area contributed by atoms with E-state index in [2.05, 4.69) is 51.5 Å². The summed E-state index contributed by atoms with van der Waals surface area (Å²) < 4.78 is 0. The SMILES string of the molecule is CN1CCCCC1CC(=O)N1CCC(c2ccccc2)(c2csc(N)n2)CC1. The molecule has 1 aromatic carbocycles. The molecule has 5 nitrogen and oxygen atoms in total. The normalized spacial score (nSPS) is 22.9. The number of rotatable bonds is 4. The second-order valence-electron chi connectivity index (χ2n) is 8.23. The van der Waals surface area contributed by atoms with Gasteiger partial charge in [0.25, 0.3) is 0 Å². The summed E-state index contributed by atoms with van der Waals surface area (Å²) in [5.41, 5.74) is 8.14. The molecule has 150 valence electrons. The van der Waals surface area contributed by atoms with Gasteiger partial charge in [0.1, 0.15) is 0 Å². The maximum Gasteiger partial charge on any atom is 0.224 e. The van der Waals surface area contributed by atoms with Gasteiger partial charge in [0.15, 0.2) is 5.13 Å². The van der Waals surface area contributed by atoms with Crippen LogP contribution in [0.2, 0.25) is 0 Å². The highest BCUT2D eigenvalue weighted by Crippen LogP contribution is 2.42. The van der Waals surface area contributed by atoms with E-state index >= 15 is 0 Å². The average molecular weight is 399 g/mol. The maximum atomic E-state index is 13.0. The Kier molecular flexibility index (Phi) is 5.69. The maximum absolute atomic E-state index is 13.0. The first-order chi connectivity index (χ1) is 13.6. The summed E-state index contributed by atoms with van der Waals surface area (Å²) in [6, 6.07) is 11.0. The minimum atomic E-state index is -0.145. The number of amides is 1. The van der Waals surface area contributed by atoms with Crippen molar-refractivity contribution in [2.45, 2.75) is 50.0 Å². The number of aromatic nitrogens is 1. The standard InChI is InChI=1S/C22H30N4OS/c1-25-12-6-5-9-18(25)15-20(27)26-13-10-22(11-14-26,17-7-3-2-4-8-17)19-16-28-21(23)24-19/h2-4,7-8,16,18H,5-6,9-15H2,1H3,(H2,23,24). The monoisotopic (exact) mass is 398 g/mol. The van der Waals surface area contributed by atoms with Crippen LogP contribution in [-0.4, -0.2) is 53.4 Å². The van der Waals surface area contributed by atoms with Crippen LogP contribution in [0.1, 0.15) is 49.8 Å². The van der Waals surface area contributed by atoms with Gasteiger partial charge in [-0.15, -0.1) is 11.3 Å². The van der Waals surface area contributed by atoms with E-state index in [4.69, 9.17) is 5.73 Å². The van der Waals surface area contributed by atoms with Gasteiger partial charge in [-0.05, 0) is 44.8 Å². The fourth-order valence-electron chi connectivity index (χ4n) is 4.83. The van der Waals surface area contributed by atoms with Crippen LogP contribution in [0, 0.1) is 0 Å². The number of piperidine rings is 2. The topological polar surface area (TPSA) is 62.5 Å². The van der Waals surface area contributed by atoms with Gasteiger partial charge in [0.05, 0.1) is 5.69 Å². The Balaban J connectivity index is 1.49. The third-order valence-corrected chi connectivity index (χ3v) is 7.31. The summed E-state index contributed by atoms with van der Waals surface area (Å²) in [7, 11) is 2.15. The summed E-state index contributed by atoms with van der Waals surface area (Å²) in [6.07, 6.45) is 6.07. The molecule has 1 aromatic heterocycles. The number of hydrogen-bond donors (Lipinski definition) is 1. The molecule has 2 fully saturated rings. The van der Waals surface area contributed by atoms with Crippen molar-refractivity contribution in [1.29, 1.82) is 0 Å². The van der Waals surface area contributed by atoms with Crippen LogP contribution in [0.15, 0.2) is 35.7 Å². The van der Waals surface area contributed by atoms with Gasteiger partial charge < -0.3 is 15.5 Å². The van der Waals surface area contributed by atoms with Crippen LogP contribution in [0.5, 0.6) is 0 Å². The molecular weight excluding hydrogens is 368 g/mol. The Labute approximate surface area is 171 Å². The third-order valence-electron chi connectivity index (χ3n) is 6.64. The Bertz CT molecular complexity index is 798. The second kappa shape index (κ2) is 8.21. The molecule has 1 unspecified atom stereocenters. The van der Waals surface area contributed by atoms with E-state index in [-0.39, 0.29) is 5.41 Å². The molecular formula is C22H30N4OS. The van der Waals surface area contributed by atoms with E-state index < -0.39 is 0 Å². The second-order valence-corrected chi connectivity index (χ2v) is 9.12. The Morgan fingerprint density at radius 3 is 2.61 bits per heavy atom. The van der Waals surface area contributed by atoms with E-state index in [1.54, 1.807) is 0 Å². The molecule has 2 aliphatic rings. The molecule has 1 amide bonds. The first kappa shape index (κ1) is 19.4. The van der Waals surface area contributed by atoms with Crippen LogP contribution in [0.3, 0.4) is 0 Å². The van der Waals surface area contributed by atoms with Crippen molar-refractivity contribution in [2.75, 3.05) is 32.4 Å². The van der Waals surface area contributed by atoms with Crippen LogP contribution in [0.25, 0.3) is 0 Å². The predicted molar refractivity (Wildman–Crippen MR) is 114 cm³/mol. The highest BCUT2D eigenvalue weighted by atomic mass is 32.1. The van der Waals surface area contributed by atoms with Gasteiger partial charge in [-0.25, -0.2) is 4.98 Å². The minimum Gasteiger partial charge on any atom is -0.375 e. The van der Waals surface area contributed by atoms with Crippen molar-refractivity contribution in [1.82, 2.24) is 14.8 Å². The number of nitrogens with zero attached hydrogens (tertiary/aromatic N) is 3. The molecule has 0 bridgehead atoms. The zero-order valence-corrected chi connectivity index (χ0v) is 17.5. The molecule has 0 aliphatic carbocycles. The number of nitrogen functional groups attached to an aromatic ring is 1. The number of anilines is 1. The molecule has 6 heteroatoms. The number of nitrogens with two attached hydrogens (primary N) is 1. The van der Waals surface area contributed by atoms with Crippen molar-refractivity contribution in [3.8, 4) is 0 Å². The number of benzene rings is 1. The largest absolute Gasteiger partial charge is 0.375 e. The van der Waals surface area contributed by atoms with Crippen molar-refractivity contribution < 1.29 is 4.79 Å². The van der Waals surface area contributed by atoms with Crippen molar-refractivity contribution in [3.05, 3.63) is 47.0 Å². The molecule has 3 heterocycles. The smallest absolute Gasteiger partial charge is 0.224 e. The number of likely N-dealkylation sites (tertiary alicyclic amines) is 2. The van der Waals surface area contributed by atoms with Gasteiger partial charge in [-0.1, -0.05) is 36.8 Å². The molecule has 2 saturated heterocycles. The first-order valence-corrected chi connectivity index (χ1v) is 11.2. The molecule has 2 aromatic rings. The Morgan fingerprint density at radius 1 is 1.21 bits per heavy atom. The zero-order valence-electron chi connectivity index (χ0n) is 16.6. The fraction of sp³-hybridized carbons (Fsp3) is 0.545. The average Bonchev–Trinajstić information content (AvgIpc) is 3.17. The summed E-state index contributed by atoms with van der Waals surface area (Å²) in [5, 5.41) is 2.71. The number of carbonyl (C=O) groups is 1. The van der Waals surface area contributed by atoms with Gasteiger partial charge in [0, 0.05) is 36.3 Å². The predicted octanol–water partition coefficient (Wildman–Crippen LogP) is 3.51. The molecule has 0 radical (unpaired) electrons. The van der Waals surface area contributed by atoms with E-state index in [1.807, 2.05) is 6.07 Å². The summed E-state index contributed by atoms with van der Waals surface area (Å²) in [5.74, 6) is 0.304.